The molecular weight excluding hydrogens is 373 g/mol. The Bertz CT molecular complexity index is 856. The van der Waals surface area contributed by atoms with Gasteiger partial charge in [0.05, 0.1) is 21.3 Å². The first-order valence-electron chi connectivity index (χ1n) is 9.54. The van der Waals surface area contributed by atoms with Gasteiger partial charge in [0, 0.05) is 25.6 Å². The summed E-state index contributed by atoms with van der Waals surface area (Å²) in [5, 5.41) is 6.67. The third kappa shape index (κ3) is 4.72. The third-order valence-electron chi connectivity index (χ3n) is 5.29. The van der Waals surface area contributed by atoms with Crippen LogP contribution in [-0.4, -0.2) is 40.9 Å². The Balaban J connectivity index is 1.63. The summed E-state index contributed by atoms with van der Waals surface area (Å²) in [7, 11) is 6.50. The Kier molecular flexibility index (Phi) is 6.46. The number of halogens is 1. The van der Waals surface area contributed by atoms with Crippen LogP contribution >= 0.6 is 0 Å². The zero-order chi connectivity index (χ0) is 20.9. The van der Waals surface area contributed by atoms with E-state index in [2.05, 4.69) is 15.6 Å². The lowest BCUT2D eigenvalue weighted by Crippen LogP contribution is -2.40. The molecule has 6 nitrogen and oxygen atoms in total. The van der Waals surface area contributed by atoms with E-state index in [0.717, 1.165) is 24.0 Å². The van der Waals surface area contributed by atoms with Crippen molar-refractivity contribution in [2.24, 2.45) is 4.99 Å². The van der Waals surface area contributed by atoms with Gasteiger partial charge in [0.1, 0.15) is 5.82 Å². The van der Waals surface area contributed by atoms with E-state index in [1.165, 1.54) is 6.07 Å². The second-order valence-corrected chi connectivity index (χ2v) is 7.10. The minimum absolute atomic E-state index is 0.0216. The molecule has 7 heteroatoms. The molecule has 29 heavy (non-hydrogen) atoms. The average Bonchev–Trinajstić information content (AvgIpc) is 3.54. The summed E-state index contributed by atoms with van der Waals surface area (Å²) in [5.74, 6) is 2.26. The number of hydrogen-bond donors (Lipinski definition) is 2. The quantitative estimate of drug-likeness (QED) is 0.525. The molecule has 0 aliphatic heterocycles. The van der Waals surface area contributed by atoms with Crippen molar-refractivity contribution in [2.75, 3.05) is 34.9 Å². The number of guanidine groups is 1. The van der Waals surface area contributed by atoms with Gasteiger partial charge in [-0.1, -0.05) is 12.1 Å². The summed E-state index contributed by atoms with van der Waals surface area (Å²) >= 11 is 0. The molecule has 0 spiro atoms. The summed E-state index contributed by atoms with van der Waals surface area (Å²) in [6.45, 7) is 1.23. The maximum Gasteiger partial charge on any atom is 0.203 e. The fraction of sp³-hybridized carbons (Fsp3) is 0.409. The average molecular weight is 401 g/mol. The summed E-state index contributed by atoms with van der Waals surface area (Å²) in [6.07, 6.45) is 2.07. The van der Waals surface area contributed by atoms with Gasteiger partial charge in [-0.05, 0) is 48.2 Å². The maximum absolute atomic E-state index is 13.6. The molecule has 0 saturated heterocycles. The van der Waals surface area contributed by atoms with E-state index in [1.54, 1.807) is 40.5 Å². The predicted molar refractivity (Wildman–Crippen MR) is 112 cm³/mol. The molecule has 0 aromatic heterocycles. The molecule has 3 rings (SSSR count). The second kappa shape index (κ2) is 9.03. The lowest BCUT2D eigenvalue weighted by Gasteiger charge is -2.19. The molecule has 1 saturated carbocycles. The Labute approximate surface area is 171 Å². The van der Waals surface area contributed by atoms with Crippen LogP contribution in [0.5, 0.6) is 17.2 Å². The highest BCUT2D eigenvalue weighted by atomic mass is 19.1. The normalized spacial score (nSPS) is 14.9. The zero-order valence-electron chi connectivity index (χ0n) is 17.3. The number of nitrogens with zero attached hydrogens (tertiary/aromatic N) is 1. The summed E-state index contributed by atoms with van der Waals surface area (Å²) in [4.78, 5) is 4.30. The van der Waals surface area contributed by atoms with Crippen LogP contribution in [0.25, 0.3) is 0 Å². The number of aliphatic imine (C=N–C) groups is 1. The van der Waals surface area contributed by atoms with Crippen LogP contribution in [0.1, 0.15) is 24.0 Å². The van der Waals surface area contributed by atoms with E-state index in [9.17, 15) is 4.39 Å². The zero-order valence-corrected chi connectivity index (χ0v) is 17.3. The van der Waals surface area contributed by atoms with Crippen LogP contribution in [0.15, 0.2) is 41.4 Å². The van der Waals surface area contributed by atoms with Crippen molar-refractivity contribution in [2.45, 2.75) is 24.8 Å². The van der Waals surface area contributed by atoms with Gasteiger partial charge in [-0.25, -0.2) is 4.39 Å². The summed E-state index contributed by atoms with van der Waals surface area (Å²) < 4.78 is 29.8. The highest BCUT2D eigenvalue weighted by Crippen LogP contribution is 2.47. The van der Waals surface area contributed by atoms with E-state index >= 15 is 0 Å². The molecule has 2 aromatic carbocycles. The van der Waals surface area contributed by atoms with E-state index < -0.39 is 0 Å². The van der Waals surface area contributed by atoms with Gasteiger partial charge in [0.25, 0.3) is 0 Å². The van der Waals surface area contributed by atoms with Gasteiger partial charge >= 0.3 is 0 Å². The molecule has 156 valence electrons. The minimum Gasteiger partial charge on any atom is -0.493 e. The Morgan fingerprint density at radius 3 is 2.24 bits per heavy atom. The Morgan fingerprint density at radius 2 is 1.72 bits per heavy atom. The fourth-order valence-electron chi connectivity index (χ4n) is 3.43. The number of methoxy groups -OCH3 is 3. The summed E-state index contributed by atoms with van der Waals surface area (Å²) in [5.41, 5.74) is 1.98. The lowest BCUT2D eigenvalue weighted by atomic mass is 9.96. The van der Waals surface area contributed by atoms with Crippen LogP contribution in [0, 0.1) is 5.82 Å². The topological polar surface area (TPSA) is 64.1 Å². The van der Waals surface area contributed by atoms with Crippen LogP contribution in [-0.2, 0) is 12.0 Å². The molecule has 1 aliphatic carbocycles. The molecule has 0 unspecified atom stereocenters. The van der Waals surface area contributed by atoms with E-state index in [-0.39, 0.29) is 11.2 Å². The molecule has 1 fully saturated rings. The van der Waals surface area contributed by atoms with Gasteiger partial charge in [-0.15, -0.1) is 0 Å². The first kappa shape index (κ1) is 20.8. The van der Waals surface area contributed by atoms with E-state index in [1.807, 2.05) is 18.2 Å². The van der Waals surface area contributed by atoms with Crippen molar-refractivity contribution >= 4 is 5.96 Å². The van der Waals surface area contributed by atoms with Crippen molar-refractivity contribution in [3.63, 3.8) is 0 Å². The van der Waals surface area contributed by atoms with Gasteiger partial charge in [0.2, 0.25) is 5.75 Å². The molecule has 0 amide bonds. The monoisotopic (exact) mass is 401 g/mol. The summed E-state index contributed by atoms with van der Waals surface area (Å²) in [6, 6.07) is 10.7. The number of benzene rings is 2. The molecule has 2 aromatic rings. The third-order valence-corrected chi connectivity index (χ3v) is 5.29. The van der Waals surface area contributed by atoms with Gasteiger partial charge in [0.15, 0.2) is 17.5 Å². The maximum atomic E-state index is 13.6. The lowest BCUT2D eigenvalue weighted by molar-refractivity contribution is 0.323. The Hall–Kier alpha value is -2.96. The van der Waals surface area contributed by atoms with Crippen LogP contribution in [0.4, 0.5) is 4.39 Å². The smallest absolute Gasteiger partial charge is 0.203 e. The number of rotatable bonds is 8. The van der Waals surface area contributed by atoms with E-state index in [4.69, 9.17) is 14.2 Å². The van der Waals surface area contributed by atoms with E-state index in [0.29, 0.717) is 36.3 Å². The highest BCUT2D eigenvalue weighted by molar-refractivity contribution is 5.79. The first-order valence-corrected chi connectivity index (χ1v) is 9.54. The van der Waals surface area contributed by atoms with Gasteiger partial charge in [-0.3, -0.25) is 4.99 Å². The SMILES string of the molecule is CN=C(NCc1cc(OC)c(OC)c(OC)c1)NCC1(c2cccc(F)c2)CC1. The predicted octanol–water partition coefficient (Wildman–Crippen LogP) is 3.25. The van der Waals surface area contributed by atoms with Crippen LogP contribution in [0.3, 0.4) is 0 Å². The number of hydrogen-bond acceptors (Lipinski definition) is 4. The highest BCUT2D eigenvalue weighted by Gasteiger charge is 2.44. The molecule has 0 radical (unpaired) electrons. The largest absolute Gasteiger partial charge is 0.493 e. The molecule has 0 atom stereocenters. The molecule has 0 heterocycles. The molecule has 0 bridgehead atoms. The molecule has 2 N–H and O–H groups in total. The first-order chi connectivity index (χ1) is 14.0. The number of nitrogens with one attached hydrogen (secondary N) is 2. The molecule has 1 aliphatic rings. The fourth-order valence-corrected chi connectivity index (χ4v) is 3.43. The van der Waals surface area contributed by atoms with Crippen LogP contribution < -0.4 is 24.8 Å². The standard InChI is InChI=1S/C22H28FN3O3/c1-24-21(26-14-22(8-9-22)16-6-5-7-17(23)12-16)25-13-15-10-18(27-2)20(29-4)19(11-15)28-3/h5-7,10-12H,8-9,13-14H2,1-4H3,(H2,24,25,26). The van der Waals surface area contributed by atoms with Crippen molar-refractivity contribution < 1.29 is 18.6 Å². The van der Waals surface area contributed by atoms with Crippen molar-refractivity contribution in [1.82, 2.24) is 10.6 Å². The minimum atomic E-state index is -0.196. The van der Waals surface area contributed by atoms with Crippen molar-refractivity contribution in [3.8, 4) is 17.2 Å². The van der Waals surface area contributed by atoms with Gasteiger partial charge in [-0.2, -0.15) is 0 Å². The van der Waals surface area contributed by atoms with Crippen molar-refractivity contribution in [1.29, 1.82) is 0 Å². The molecular formula is C22H28FN3O3. The Morgan fingerprint density at radius 1 is 1.03 bits per heavy atom. The second-order valence-electron chi connectivity index (χ2n) is 7.10. The van der Waals surface area contributed by atoms with Gasteiger partial charge < -0.3 is 24.8 Å². The van der Waals surface area contributed by atoms with Crippen molar-refractivity contribution in [3.05, 3.63) is 53.3 Å². The number of ether oxygens (including phenoxy) is 3. The van der Waals surface area contributed by atoms with Crippen LogP contribution in [0.2, 0.25) is 0 Å².